The van der Waals surface area contributed by atoms with Crippen molar-refractivity contribution < 1.29 is 9.50 Å². The number of hydrogen-bond donors (Lipinski definition) is 1. The average molecular weight is 350 g/mol. The van der Waals surface area contributed by atoms with Gasteiger partial charge in [-0.25, -0.2) is 4.39 Å². The largest absolute Gasteiger partial charge is 0.387 e. The van der Waals surface area contributed by atoms with Gasteiger partial charge < -0.3 is 5.11 Å². The topological polar surface area (TPSA) is 20.2 Å². The van der Waals surface area contributed by atoms with Gasteiger partial charge in [0, 0.05) is 16.3 Å². The van der Waals surface area contributed by atoms with E-state index in [1.807, 2.05) is 13.0 Å². The normalized spacial score (nSPS) is 12.7. The summed E-state index contributed by atoms with van der Waals surface area (Å²) in [5.74, 6) is -0.342. The summed E-state index contributed by atoms with van der Waals surface area (Å²) in [5, 5.41) is 10.6. The van der Waals surface area contributed by atoms with Crippen molar-refractivity contribution in [3.8, 4) is 0 Å². The third kappa shape index (κ3) is 3.12. The number of aryl methyl sites for hydroxylation is 1. The minimum atomic E-state index is -0.715. The van der Waals surface area contributed by atoms with Crippen LogP contribution in [0, 0.1) is 12.7 Å². The van der Waals surface area contributed by atoms with Gasteiger partial charge in [-0.2, -0.15) is 0 Å². The molecule has 2 rings (SSSR count). The molecule has 0 aliphatic rings. The predicted molar refractivity (Wildman–Crippen MR) is 76.8 cm³/mol. The molecule has 0 saturated carbocycles. The van der Waals surface area contributed by atoms with E-state index in [0.29, 0.717) is 10.6 Å². The van der Waals surface area contributed by atoms with Crippen LogP contribution < -0.4 is 0 Å². The second-order valence-corrected chi connectivity index (χ2v) is 6.90. The molecule has 1 nitrogen and oxygen atoms in total. The molecule has 2 aromatic rings. The quantitative estimate of drug-likeness (QED) is 0.836. The van der Waals surface area contributed by atoms with Gasteiger partial charge in [-0.15, -0.1) is 11.3 Å². The third-order valence-electron chi connectivity index (χ3n) is 2.63. The first kappa shape index (κ1) is 14.0. The summed E-state index contributed by atoms with van der Waals surface area (Å²) in [6, 6.07) is 6.27. The van der Waals surface area contributed by atoms with Crippen LogP contribution in [0.25, 0.3) is 0 Å². The number of hydrogen-bond acceptors (Lipinski definition) is 2. The van der Waals surface area contributed by atoms with Crippen molar-refractivity contribution in [2.75, 3.05) is 0 Å². The highest BCUT2D eigenvalue weighted by Gasteiger charge is 2.15. The van der Waals surface area contributed by atoms with Crippen molar-refractivity contribution in [3.63, 3.8) is 0 Å². The molecule has 1 aromatic carbocycles. The maximum atomic E-state index is 13.6. The van der Waals surface area contributed by atoms with Crippen LogP contribution in [0.15, 0.2) is 28.1 Å². The van der Waals surface area contributed by atoms with Crippen LogP contribution >= 0.6 is 38.9 Å². The van der Waals surface area contributed by atoms with E-state index >= 15 is 0 Å². The Labute approximate surface area is 122 Å². The molecule has 0 aliphatic heterocycles. The van der Waals surface area contributed by atoms with Gasteiger partial charge in [0.2, 0.25) is 0 Å². The summed E-state index contributed by atoms with van der Waals surface area (Å²) in [6.45, 7) is 1.96. The fraction of sp³-hybridized carbons (Fsp3) is 0.231. The Morgan fingerprint density at radius 2 is 2.17 bits per heavy atom. The van der Waals surface area contributed by atoms with Crippen LogP contribution in [0.4, 0.5) is 4.39 Å². The molecule has 0 spiro atoms. The second-order valence-electron chi connectivity index (χ2n) is 4.06. The lowest BCUT2D eigenvalue weighted by atomic mass is 10.1. The number of aliphatic hydroxyl groups is 1. The van der Waals surface area contributed by atoms with Crippen LogP contribution in [-0.4, -0.2) is 5.11 Å². The SMILES string of the molecule is Cc1cc(C(O)Cc2cc(Cl)ccc2F)sc1Br. The van der Waals surface area contributed by atoms with E-state index < -0.39 is 6.10 Å². The van der Waals surface area contributed by atoms with E-state index in [9.17, 15) is 9.50 Å². The lowest BCUT2D eigenvalue weighted by molar-refractivity contribution is 0.181. The Hall–Kier alpha value is -0.420. The Bertz CT molecular complexity index is 551. The predicted octanol–water partition coefficient (Wildman–Crippen LogP) is 4.89. The number of halogens is 3. The van der Waals surface area contributed by atoms with Gasteiger partial charge in [-0.3, -0.25) is 0 Å². The van der Waals surface area contributed by atoms with Crippen LogP contribution in [-0.2, 0) is 6.42 Å². The molecule has 0 bridgehead atoms. The zero-order chi connectivity index (χ0) is 13.3. The Kier molecular flexibility index (Phi) is 4.43. The van der Waals surface area contributed by atoms with E-state index in [1.54, 1.807) is 6.07 Å². The fourth-order valence-electron chi connectivity index (χ4n) is 1.66. The molecular weight excluding hydrogens is 339 g/mol. The van der Waals surface area contributed by atoms with E-state index in [0.717, 1.165) is 14.2 Å². The summed E-state index contributed by atoms with van der Waals surface area (Å²) in [5.41, 5.74) is 1.50. The van der Waals surface area contributed by atoms with E-state index in [-0.39, 0.29) is 12.2 Å². The van der Waals surface area contributed by atoms with Crippen LogP contribution in [0.1, 0.15) is 22.1 Å². The molecule has 0 amide bonds. The molecule has 1 heterocycles. The van der Waals surface area contributed by atoms with Crippen molar-refractivity contribution in [2.45, 2.75) is 19.4 Å². The number of rotatable bonds is 3. The average Bonchev–Trinajstić information content (AvgIpc) is 2.64. The number of benzene rings is 1. The maximum Gasteiger partial charge on any atom is 0.126 e. The maximum absolute atomic E-state index is 13.6. The summed E-state index contributed by atoms with van der Waals surface area (Å²) in [4.78, 5) is 0.818. The lowest BCUT2D eigenvalue weighted by Crippen LogP contribution is -2.01. The molecule has 96 valence electrons. The molecule has 0 fully saturated rings. The minimum absolute atomic E-state index is 0.221. The summed E-state index contributed by atoms with van der Waals surface area (Å²) >= 11 is 10.7. The highest BCUT2D eigenvalue weighted by molar-refractivity contribution is 9.11. The van der Waals surface area contributed by atoms with Crippen molar-refractivity contribution in [1.29, 1.82) is 0 Å². The first-order valence-electron chi connectivity index (χ1n) is 5.35. The lowest BCUT2D eigenvalue weighted by Gasteiger charge is -2.09. The zero-order valence-electron chi connectivity index (χ0n) is 9.58. The van der Waals surface area contributed by atoms with Gasteiger partial charge in [0.05, 0.1) is 9.89 Å². The molecule has 18 heavy (non-hydrogen) atoms. The second kappa shape index (κ2) is 5.70. The Balaban J connectivity index is 2.20. The highest BCUT2D eigenvalue weighted by atomic mass is 79.9. The molecule has 1 aromatic heterocycles. The van der Waals surface area contributed by atoms with E-state index in [2.05, 4.69) is 15.9 Å². The van der Waals surface area contributed by atoms with Crippen molar-refractivity contribution in [1.82, 2.24) is 0 Å². The van der Waals surface area contributed by atoms with Gasteiger partial charge in [-0.1, -0.05) is 11.6 Å². The zero-order valence-corrected chi connectivity index (χ0v) is 12.7. The van der Waals surface area contributed by atoms with E-state index in [1.165, 1.54) is 23.5 Å². The molecule has 0 saturated heterocycles. The summed E-state index contributed by atoms with van der Waals surface area (Å²) in [6.07, 6.45) is -0.494. The number of aliphatic hydroxyl groups excluding tert-OH is 1. The van der Waals surface area contributed by atoms with Gasteiger partial charge in [0.1, 0.15) is 5.82 Å². The van der Waals surface area contributed by atoms with Crippen LogP contribution in [0.2, 0.25) is 5.02 Å². The fourth-order valence-corrected chi connectivity index (χ4v) is 3.41. The van der Waals surface area contributed by atoms with E-state index in [4.69, 9.17) is 11.6 Å². The monoisotopic (exact) mass is 348 g/mol. The summed E-state index contributed by atoms with van der Waals surface area (Å²) < 4.78 is 14.5. The highest BCUT2D eigenvalue weighted by Crippen LogP contribution is 2.33. The van der Waals surface area contributed by atoms with Crippen molar-refractivity contribution in [2.24, 2.45) is 0 Å². The molecular formula is C13H11BrClFOS. The standard InChI is InChI=1S/C13H11BrClFOS/c1-7-4-12(18-13(7)14)11(17)6-8-5-9(15)2-3-10(8)16/h2-5,11,17H,6H2,1H3. The van der Waals surface area contributed by atoms with Gasteiger partial charge in [0.15, 0.2) is 0 Å². The number of thiophene rings is 1. The molecule has 0 radical (unpaired) electrons. The molecule has 1 unspecified atom stereocenters. The third-order valence-corrected chi connectivity index (χ3v) is 5.10. The Morgan fingerprint density at radius 3 is 2.78 bits per heavy atom. The molecule has 1 atom stereocenters. The first-order valence-corrected chi connectivity index (χ1v) is 7.34. The van der Waals surface area contributed by atoms with Gasteiger partial charge >= 0.3 is 0 Å². The van der Waals surface area contributed by atoms with Crippen LogP contribution in [0.3, 0.4) is 0 Å². The van der Waals surface area contributed by atoms with Crippen LogP contribution in [0.5, 0.6) is 0 Å². The molecule has 0 aliphatic carbocycles. The van der Waals surface area contributed by atoms with Gasteiger partial charge in [-0.05, 0) is 58.2 Å². The van der Waals surface area contributed by atoms with Gasteiger partial charge in [0.25, 0.3) is 0 Å². The molecule has 1 N–H and O–H groups in total. The van der Waals surface area contributed by atoms with Crippen molar-refractivity contribution in [3.05, 3.63) is 54.9 Å². The van der Waals surface area contributed by atoms with Crippen molar-refractivity contribution >= 4 is 38.9 Å². The molecule has 5 heteroatoms. The smallest absolute Gasteiger partial charge is 0.126 e. The summed E-state index contributed by atoms with van der Waals surface area (Å²) in [7, 11) is 0. The minimum Gasteiger partial charge on any atom is -0.387 e. The first-order chi connectivity index (χ1) is 8.47. The Morgan fingerprint density at radius 1 is 1.44 bits per heavy atom.